The number of carbonyl (C=O) groups excluding carboxylic acids is 4. The number of nitrogens with one attached hydrogen (secondary N) is 2. The quantitative estimate of drug-likeness (QED) is 0.140. The summed E-state index contributed by atoms with van der Waals surface area (Å²) >= 11 is 1.03. The van der Waals surface area contributed by atoms with Gasteiger partial charge in [0, 0.05) is 25.0 Å². The molecule has 1 fully saturated rings. The maximum Gasteiger partial charge on any atom is 0.547 e. The van der Waals surface area contributed by atoms with Gasteiger partial charge in [-0.2, -0.15) is 0 Å². The minimum absolute atomic E-state index is 0.00316. The fourth-order valence-corrected chi connectivity index (χ4v) is 5.47. The number of aromatic nitrogens is 1. The second-order valence-corrected chi connectivity index (χ2v) is 11.0. The summed E-state index contributed by atoms with van der Waals surface area (Å²) in [6.45, 7) is 2.66. The number of carboxylic acids is 1. The van der Waals surface area contributed by atoms with Crippen LogP contribution in [0.15, 0.2) is 23.6 Å². The van der Waals surface area contributed by atoms with Gasteiger partial charge in [0.05, 0.1) is 17.2 Å². The minimum atomic E-state index is -1.59. The van der Waals surface area contributed by atoms with E-state index in [-0.39, 0.29) is 41.6 Å². The Morgan fingerprint density at radius 3 is 2.64 bits per heavy atom. The third kappa shape index (κ3) is 6.99. The molecule has 3 heterocycles. The molecule has 14 nitrogen and oxygen atoms in total. The zero-order valence-corrected chi connectivity index (χ0v) is 23.9. The number of nitrogen functional groups attached to an aromatic ring is 1. The van der Waals surface area contributed by atoms with Crippen LogP contribution in [0.1, 0.15) is 66.7 Å². The summed E-state index contributed by atoms with van der Waals surface area (Å²) in [4.78, 5) is 69.9. The highest BCUT2D eigenvalue weighted by atomic mass is 32.1. The summed E-state index contributed by atoms with van der Waals surface area (Å²) in [6, 6.07) is 2.09. The Bertz CT molecular complexity index is 1360. The first kappa shape index (κ1) is 30.8. The zero-order valence-electron chi connectivity index (χ0n) is 23.1. The van der Waals surface area contributed by atoms with E-state index >= 15 is 0 Å². The van der Waals surface area contributed by atoms with Crippen LogP contribution in [0.25, 0.3) is 0 Å². The van der Waals surface area contributed by atoms with Crippen LogP contribution in [0.4, 0.5) is 9.93 Å². The lowest BCUT2D eigenvalue weighted by atomic mass is 9.72. The van der Waals surface area contributed by atoms with Gasteiger partial charge in [-0.1, -0.05) is 44.7 Å². The van der Waals surface area contributed by atoms with Crippen LogP contribution in [-0.2, 0) is 20.8 Å². The van der Waals surface area contributed by atoms with Crippen molar-refractivity contribution < 1.29 is 38.8 Å². The molecule has 42 heavy (non-hydrogen) atoms. The highest BCUT2D eigenvalue weighted by Gasteiger charge is 2.41. The van der Waals surface area contributed by atoms with Crippen LogP contribution in [-0.4, -0.2) is 87.3 Å². The molecular weight excluding hydrogens is 567 g/mol. The zero-order chi connectivity index (χ0) is 30.4. The lowest BCUT2D eigenvalue weighted by molar-refractivity contribution is -0.153. The van der Waals surface area contributed by atoms with Crippen molar-refractivity contribution in [1.29, 1.82) is 0 Å². The Balaban J connectivity index is 1.43. The van der Waals surface area contributed by atoms with Gasteiger partial charge < -0.3 is 36.1 Å². The maximum absolute atomic E-state index is 13.4. The molecule has 0 radical (unpaired) electrons. The number of nitrogens with zero attached hydrogens (tertiary/aromatic N) is 3. The lowest BCUT2D eigenvalue weighted by Gasteiger charge is -2.33. The Kier molecular flexibility index (Phi) is 10.0. The molecular formula is C26H33BN6O8S. The van der Waals surface area contributed by atoms with E-state index in [1.807, 2.05) is 0 Å². The highest BCUT2D eigenvalue weighted by Crippen LogP contribution is 2.30. The first-order chi connectivity index (χ1) is 20.1. The molecule has 6 N–H and O–H groups in total. The number of amides is 5. The molecule has 0 bridgehead atoms. The standard InChI is InChI=1S/C26H33BN6O8S/c1-2-3-4-5-6-10-32-11-12-33(23(36)22(32)35)26(39)31-19(17-14-42-25(28)29-17)21(34)30-18-13-15-8-7-9-16(24(37)38)20(15)41-27(18)40/h7-9,14,18-19,40H,2-6,10-13H2,1H3,(H2,28,29)(H,30,34)(H,31,39)(H,37,38)/t18-,19?/m0/s1. The number of fused-ring (bicyclic) bond motifs is 1. The summed E-state index contributed by atoms with van der Waals surface area (Å²) in [6.07, 6.45) is 4.98. The number of urea groups is 1. The van der Waals surface area contributed by atoms with Crippen molar-refractivity contribution in [2.45, 2.75) is 57.4 Å². The van der Waals surface area contributed by atoms with Gasteiger partial charge in [-0.15, -0.1) is 11.3 Å². The van der Waals surface area contributed by atoms with Crippen LogP contribution in [0.5, 0.6) is 5.75 Å². The van der Waals surface area contributed by atoms with Crippen LogP contribution in [0, 0.1) is 0 Å². The molecule has 1 saturated heterocycles. The first-order valence-corrected chi connectivity index (χ1v) is 14.6. The van der Waals surface area contributed by atoms with E-state index in [1.54, 1.807) is 6.07 Å². The van der Waals surface area contributed by atoms with Crippen molar-refractivity contribution in [1.82, 2.24) is 25.4 Å². The topological polar surface area (TPSA) is 204 Å². The Hall–Kier alpha value is -4.18. The Labute approximate surface area is 246 Å². The SMILES string of the molecule is CCCCCCCN1CCN(C(=O)NC(C(=O)N[C@H]2Cc3cccc(C(=O)O)c3OB2O)c2csc(N)n2)C(=O)C1=O. The van der Waals surface area contributed by atoms with Crippen LogP contribution < -0.4 is 21.0 Å². The molecule has 4 rings (SSSR count). The van der Waals surface area contributed by atoms with Crippen molar-refractivity contribution >= 4 is 53.3 Å². The van der Waals surface area contributed by atoms with Crippen molar-refractivity contribution in [3.8, 4) is 5.75 Å². The number of nitrogens with two attached hydrogens (primary N) is 1. The number of piperazine rings is 1. The number of rotatable bonds is 11. The van der Waals surface area contributed by atoms with E-state index in [0.29, 0.717) is 12.1 Å². The lowest BCUT2D eigenvalue weighted by Crippen LogP contribution is -2.60. The van der Waals surface area contributed by atoms with Gasteiger partial charge in [0.15, 0.2) is 11.2 Å². The van der Waals surface area contributed by atoms with Gasteiger partial charge in [0.2, 0.25) is 5.91 Å². The molecule has 0 spiro atoms. The third-order valence-corrected chi connectivity index (χ3v) is 7.82. The number of unbranched alkanes of at least 4 members (excludes halogenated alkanes) is 4. The molecule has 224 valence electrons. The summed E-state index contributed by atoms with van der Waals surface area (Å²) in [5.41, 5.74) is 6.17. The van der Waals surface area contributed by atoms with E-state index in [9.17, 15) is 34.1 Å². The van der Waals surface area contributed by atoms with Gasteiger partial charge in [-0.25, -0.2) is 14.6 Å². The molecule has 1 aromatic heterocycles. The number of thiazole rings is 1. The number of hydrogen-bond acceptors (Lipinski definition) is 10. The largest absolute Gasteiger partial charge is 0.547 e. The molecule has 2 aliphatic heterocycles. The maximum atomic E-state index is 13.4. The van der Waals surface area contributed by atoms with E-state index in [1.165, 1.54) is 22.4 Å². The van der Waals surface area contributed by atoms with Crippen molar-refractivity contribution in [2.24, 2.45) is 0 Å². The fraction of sp³-hybridized carbons (Fsp3) is 0.462. The van der Waals surface area contributed by atoms with E-state index in [4.69, 9.17) is 10.4 Å². The summed E-state index contributed by atoms with van der Waals surface area (Å²) in [5, 5.41) is 26.6. The van der Waals surface area contributed by atoms with E-state index < -0.39 is 48.8 Å². The smallest absolute Gasteiger partial charge is 0.534 e. The number of benzene rings is 1. The normalized spacial score (nSPS) is 17.4. The predicted molar refractivity (Wildman–Crippen MR) is 152 cm³/mol. The van der Waals surface area contributed by atoms with Gasteiger partial charge in [0.25, 0.3) is 0 Å². The van der Waals surface area contributed by atoms with Crippen LogP contribution >= 0.6 is 11.3 Å². The molecule has 1 unspecified atom stereocenters. The summed E-state index contributed by atoms with van der Waals surface area (Å²) in [5.74, 6) is -4.80. The van der Waals surface area contributed by atoms with Crippen molar-refractivity contribution in [3.63, 3.8) is 0 Å². The number of para-hydroxylation sites is 1. The highest BCUT2D eigenvalue weighted by molar-refractivity contribution is 7.13. The van der Waals surface area contributed by atoms with Gasteiger partial charge >= 0.3 is 30.9 Å². The van der Waals surface area contributed by atoms with E-state index in [2.05, 4.69) is 22.5 Å². The second kappa shape index (κ2) is 13.7. The minimum Gasteiger partial charge on any atom is -0.534 e. The molecule has 2 aromatic rings. The van der Waals surface area contributed by atoms with E-state index in [0.717, 1.165) is 48.3 Å². The number of carbonyl (C=O) groups is 5. The fourth-order valence-electron chi connectivity index (χ4n) is 4.88. The average molecular weight is 600 g/mol. The number of carboxylic acid groups (broad SMARTS) is 1. The molecule has 2 aliphatic rings. The number of aromatic carboxylic acids is 1. The van der Waals surface area contributed by atoms with Crippen LogP contribution in [0.2, 0.25) is 0 Å². The monoisotopic (exact) mass is 600 g/mol. The molecule has 0 aliphatic carbocycles. The molecule has 1 aromatic carbocycles. The number of hydrogen-bond donors (Lipinski definition) is 5. The van der Waals surface area contributed by atoms with Gasteiger partial charge in [0.1, 0.15) is 5.75 Å². The molecule has 0 saturated carbocycles. The van der Waals surface area contributed by atoms with Gasteiger partial charge in [-0.3, -0.25) is 19.3 Å². The van der Waals surface area contributed by atoms with Crippen LogP contribution in [0.3, 0.4) is 0 Å². The first-order valence-electron chi connectivity index (χ1n) is 13.7. The predicted octanol–water partition coefficient (Wildman–Crippen LogP) is 0.955. The summed E-state index contributed by atoms with van der Waals surface area (Å²) < 4.78 is 5.43. The second-order valence-electron chi connectivity index (χ2n) is 10.1. The third-order valence-electron chi connectivity index (χ3n) is 7.13. The molecule has 16 heteroatoms. The average Bonchev–Trinajstić information content (AvgIpc) is 3.39. The Morgan fingerprint density at radius 1 is 1.19 bits per heavy atom. The summed E-state index contributed by atoms with van der Waals surface area (Å²) in [7, 11) is -1.59. The van der Waals surface area contributed by atoms with Crippen molar-refractivity contribution in [3.05, 3.63) is 40.4 Å². The number of anilines is 1. The van der Waals surface area contributed by atoms with Crippen molar-refractivity contribution in [2.75, 3.05) is 25.4 Å². The molecule has 5 amide bonds. The van der Waals surface area contributed by atoms with Gasteiger partial charge in [-0.05, 0) is 24.5 Å². The Morgan fingerprint density at radius 2 is 1.95 bits per heavy atom. The molecule has 2 atom stereocenters. The number of imide groups is 1.